The van der Waals surface area contributed by atoms with Gasteiger partial charge in [0, 0.05) is 9.58 Å². The number of rotatable bonds is 1. The van der Waals surface area contributed by atoms with E-state index in [1.807, 2.05) is 26.8 Å². The Bertz CT molecular complexity index is 483. The molecule has 0 saturated carbocycles. The molecule has 0 unspecified atom stereocenters. The van der Waals surface area contributed by atoms with Crippen LogP contribution in [-0.4, -0.2) is 0 Å². The molecule has 2 rings (SSSR count). The summed E-state index contributed by atoms with van der Waals surface area (Å²) in [7, 11) is 0. The molecule has 0 atom stereocenters. The van der Waals surface area contributed by atoms with E-state index in [9.17, 15) is 13.2 Å². The molecule has 2 aromatic rings. The third-order valence-corrected chi connectivity index (χ3v) is 3.50. The Morgan fingerprint density at radius 3 is 2.29 bits per heavy atom. The van der Waals surface area contributed by atoms with Crippen molar-refractivity contribution in [2.45, 2.75) is 33.4 Å². The van der Waals surface area contributed by atoms with Gasteiger partial charge in [0.15, 0.2) is 0 Å². The minimum absolute atomic E-state index is 0.574. The highest BCUT2D eigenvalue weighted by atomic mass is 32.1. The lowest BCUT2D eigenvalue weighted by molar-refractivity contribution is -0.137. The zero-order chi connectivity index (χ0) is 13.1. The topological polar surface area (TPSA) is 0 Å². The second-order valence-electron chi connectivity index (χ2n) is 3.32. The molecular formula is C13H15F3S. The smallest absolute Gasteiger partial charge is 0.166 e. The second-order valence-corrected chi connectivity index (χ2v) is 4.48. The highest BCUT2D eigenvalue weighted by Gasteiger charge is 2.30. The monoisotopic (exact) mass is 260 g/mol. The van der Waals surface area contributed by atoms with Gasteiger partial charge in [-0.05, 0) is 36.1 Å². The summed E-state index contributed by atoms with van der Waals surface area (Å²) < 4.78 is 38.1. The first-order valence-corrected chi connectivity index (χ1v) is 6.42. The maximum atomic E-state index is 12.4. The van der Waals surface area contributed by atoms with Gasteiger partial charge in [-0.25, -0.2) is 0 Å². The first-order valence-electron chi connectivity index (χ1n) is 5.60. The average molecular weight is 260 g/mol. The standard InChI is InChI=1S/C11H9F3S.C2H6/c1-2-9-6-7-5-8(11(12,13)14)3-4-10(7)15-9;1-2/h3-6H,2H2,1H3;1-2H3. The third kappa shape index (κ3) is 3.22. The van der Waals surface area contributed by atoms with E-state index in [2.05, 4.69) is 0 Å². The zero-order valence-corrected chi connectivity index (χ0v) is 10.9. The summed E-state index contributed by atoms with van der Waals surface area (Å²) in [5, 5.41) is 0.687. The SMILES string of the molecule is CC.CCc1cc2cc(C(F)(F)F)ccc2s1. The predicted octanol–water partition coefficient (Wildman–Crippen LogP) is 5.51. The van der Waals surface area contributed by atoms with Crippen molar-refractivity contribution in [3.8, 4) is 0 Å². The van der Waals surface area contributed by atoms with Gasteiger partial charge in [-0.15, -0.1) is 11.3 Å². The van der Waals surface area contributed by atoms with Gasteiger partial charge in [-0.3, -0.25) is 0 Å². The molecule has 0 nitrogen and oxygen atoms in total. The number of thiophene rings is 1. The summed E-state index contributed by atoms with van der Waals surface area (Å²) in [5.41, 5.74) is -0.574. The molecule has 0 fully saturated rings. The van der Waals surface area contributed by atoms with Crippen molar-refractivity contribution < 1.29 is 13.2 Å². The maximum absolute atomic E-state index is 12.4. The van der Waals surface area contributed by atoms with Crippen LogP contribution in [-0.2, 0) is 12.6 Å². The summed E-state index contributed by atoms with van der Waals surface area (Å²) in [6, 6.07) is 5.72. The molecule has 1 aromatic carbocycles. The molecule has 0 N–H and O–H groups in total. The number of halogens is 3. The number of hydrogen-bond donors (Lipinski definition) is 0. The number of alkyl halides is 3. The van der Waals surface area contributed by atoms with Gasteiger partial charge in [0.2, 0.25) is 0 Å². The van der Waals surface area contributed by atoms with Crippen LogP contribution in [0.3, 0.4) is 0 Å². The molecule has 0 aliphatic carbocycles. The average Bonchev–Trinajstić information content (AvgIpc) is 2.72. The van der Waals surface area contributed by atoms with Crippen molar-refractivity contribution in [3.05, 3.63) is 34.7 Å². The van der Waals surface area contributed by atoms with Gasteiger partial charge in [0.1, 0.15) is 0 Å². The van der Waals surface area contributed by atoms with Gasteiger partial charge in [0.05, 0.1) is 5.56 Å². The van der Waals surface area contributed by atoms with Crippen molar-refractivity contribution in [2.75, 3.05) is 0 Å². The lowest BCUT2D eigenvalue weighted by atomic mass is 10.1. The van der Waals surface area contributed by atoms with E-state index in [0.29, 0.717) is 5.39 Å². The normalized spacial score (nSPS) is 11.2. The largest absolute Gasteiger partial charge is 0.416 e. The quantitative estimate of drug-likeness (QED) is 0.634. The van der Waals surface area contributed by atoms with E-state index in [1.54, 1.807) is 17.4 Å². The van der Waals surface area contributed by atoms with E-state index >= 15 is 0 Å². The van der Waals surface area contributed by atoms with Gasteiger partial charge < -0.3 is 0 Å². The summed E-state index contributed by atoms with van der Waals surface area (Å²) in [4.78, 5) is 1.12. The Balaban J connectivity index is 0.000000686. The molecule has 0 amide bonds. The number of aryl methyl sites for hydroxylation is 1. The van der Waals surface area contributed by atoms with Crippen LogP contribution in [0.15, 0.2) is 24.3 Å². The summed E-state index contributed by atoms with van der Waals surface area (Å²) in [6.07, 6.45) is -3.39. The maximum Gasteiger partial charge on any atom is 0.416 e. The van der Waals surface area contributed by atoms with Crippen LogP contribution in [0.5, 0.6) is 0 Å². The molecule has 4 heteroatoms. The lowest BCUT2D eigenvalue weighted by Gasteiger charge is -2.05. The fraction of sp³-hybridized carbons (Fsp3) is 0.385. The molecule has 94 valence electrons. The Morgan fingerprint density at radius 2 is 1.76 bits per heavy atom. The van der Waals surface area contributed by atoms with E-state index in [4.69, 9.17) is 0 Å². The van der Waals surface area contributed by atoms with Crippen LogP contribution in [0.2, 0.25) is 0 Å². The Labute approximate surface area is 103 Å². The second kappa shape index (κ2) is 5.54. The van der Waals surface area contributed by atoms with E-state index < -0.39 is 11.7 Å². The van der Waals surface area contributed by atoms with Crippen molar-refractivity contribution in [3.63, 3.8) is 0 Å². The number of benzene rings is 1. The number of hydrogen-bond acceptors (Lipinski definition) is 1. The molecule has 17 heavy (non-hydrogen) atoms. The van der Waals surface area contributed by atoms with Crippen LogP contribution in [0.25, 0.3) is 10.1 Å². The van der Waals surface area contributed by atoms with E-state index in [1.165, 1.54) is 6.07 Å². The van der Waals surface area contributed by atoms with Crippen molar-refractivity contribution in [2.24, 2.45) is 0 Å². The molecule has 0 radical (unpaired) electrons. The molecular weight excluding hydrogens is 245 g/mol. The minimum Gasteiger partial charge on any atom is -0.166 e. The van der Waals surface area contributed by atoms with E-state index in [-0.39, 0.29) is 0 Å². The molecule has 0 aliphatic rings. The van der Waals surface area contributed by atoms with E-state index in [0.717, 1.165) is 22.1 Å². The molecule has 0 spiro atoms. The first-order chi connectivity index (χ1) is 8.00. The summed E-state index contributed by atoms with van der Waals surface area (Å²) in [6.45, 7) is 6.00. The van der Waals surface area contributed by atoms with Crippen LogP contribution in [0.4, 0.5) is 13.2 Å². The van der Waals surface area contributed by atoms with Gasteiger partial charge >= 0.3 is 6.18 Å². The Kier molecular flexibility index (Phi) is 4.57. The summed E-state index contributed by atoms with van der Waals surface area (Å²) >= 11 is 1.55. The molecule has 0 aliphatic heterocycles. The highest BCUT2D eigenvalue weighted by molar-refractivity contribution is 7.19. The third-order valence-electron chi connectivity index (χ3n) is 2.24. The van der Waals surface area contributed by atoms with Crippen molar-refractivity contribution in [1.82, 2.24) is 0 Å². The van der Waals surface area contributed by atoms with Gasteiger partial charge in [0.25, 0.3) is 0 Å². The zero-order valence-electron chi connectivity index (χ0n) is 10.1. The fourth-order valence-electron chi connectivity index (χ4n) is 1.45. The van der Waals surface area contributed by atoms with Crippen molar-refractivity contribution >= 4 is 21.4 Å². The van der Waals surface area contributed by atoms with Crippen LogP contribution < -0.4 is 0 Å². The minimum atomic E-state index is -4.25. The summed E-state index contributed by atoms with van der Waals surface area (Å²) in [5.74, 6) is 0. The molecule has 0 saturated heterocycles. The predicted molar refractivity (Wildman–Crippen MR) is 67.6 cm³/mol. The van der Waals surface area contributed by atoms with Crippen LogP contribution in [0.1, 0.15) is 31.2 Å². The molecule has 0 bridgehead atoms. The van der Waals surface area contributed by atoms with Crippen molar-refractivity contribution in [1.29, 1.82) is 0 Å². The molecule has 1 aromatic heterocycles. The van der Waals surface area contributed by atoms with Gasteiger partial charge in [-0.1, -0.05) is 20.8 Å². The highest BCUT2D eigenvalue weighted by Crippen LogP contribution is 2.34. The first kappa shape index (κ1) is 14.0. The lowest BCUT2D eigenvalue weighted by Crippen LogP contribution is -2.03. The fourth-order valence-corrected chi connectivity index (χ4v) is 2.43. The molecule has 1 heterocycles. The Hall–Kier alpha value is -1.03. The van der Waals surface area contributed by atoms with Gasteiger partial charge in [-0.2, -0.15) is 13.2 Å². The van der Waals surface area contributed by atoms with Crippen LogP contribution in [0, 0.1) is 0 Å². The Morgan fingerprint density at radius 1 is 1.12 bits per heavy atom. The number of fused-ring (bicyclic) bond motifs is 1. The van der Waals surface area contributed by atoms with Crippen LogP contribution >= 0.6 is 11.3 Å².